The molecule has 26 heavy (non-hydrogen) atoms. The highest BCUT2D eigenvalue weighted by molar-refractivity contribution is 6.02. The molecule has 0 nitrogen and oxygen atoms in total. The van der Waals surface area contributed by atoms with Crippen molar-refractivity contribution in [1.29, 1.82) is 0 Å². The fourth-order valence-electron chi connectivity index (χ4n) is 3.25. The second kappa shape index (κ2) is 10.8. The Balaban J connectivity index is 1.96. The lowest BCUT2D eigenvalue weighted by atomic mass is 9.93. The van der Waals surface area contributed by atoms with E-state index in [4.69, 9.17) is 0 Å². The number of hydrogen-bond acceptors (Lipinski definition) is 0. The summed E-state index contributed by atoms with van der Waals surface area (Å²) in [5.41, 5.74) is 7.20. The van der Waals surface area contributed by atoms with Crippen molar-refractivity contribution in [2.75, 3.05) is 0 Å². The molecule has 0 atom stereocenters. The Morgan fingerprint density at radius 3 is 1.23 bits per heavy atom. The number of hydrogen-bond donors (Lipinski definition) is 0. The van der Waals surface area contributed by atoms with Gasteiger partial charge < -0.3 is 0 Å². The molecule has 0 aliphatic carbocycles. The van der Waals surface area contributed by atoms with Crippen molar-refractivity contribution in [3.05, 3.63) is 83.9 Å². The van der Waals surface area contributed by atoms with Gasteiger partial charge in [0.1, 0.15) is 0 Å². The third-order valence-corrected chi connectivity index (χ3v) is 5.11. The highest BCUT2D eigenvalue weighted by Crippen LogP contribution is 2.29. The van der Waals surface area contributed by atoms with E-state index >= 15 is 0 Å². The van der Waals surface area contributed by atoms with Crippen LogP contribution in [0.4, 0.5) is 0 Å². The van der Waals surface area contributed by atoms with Gasteiger partial charge in [-0.3, -0.25) is 0 Å². The Labute approximate surface area is 160 Å². The number of unbranched alkanes of at least 4 members (excludes halogenated alkanes) is 4. The highest BCUT2D eigenvalue weighted by Gasteiger charge is 2.07. The number of benzene rings is 2. The third-order valence-electron chi connectivity index (χ3n) is 5.11. The first-order chi connectivity index (χ1) is 12.7. The van der Waals surface area contributed by atoms with Crippen LogP contribution in [0.15, 0.2) is 61.7 Å². The molecule has 0 heteroatoms. The molecule has 0 bridgehead atoms. The summed E-state index contributed by atoms with van der Waals surface area (Å²) in [5, 5.41) is 0. The maximum Gasteiger partial charge on any atom is -0.0183 e. The minimum atomic E-state index is 1.02. The van der Waals surface area contributed by atoms with Gasteiger partial charge in [0.2, 0.25) is 0 Å². The molecule has 0 amide bonds. The van der Waals surface area contributed by atoms with Crippen LogP contribution in [0.2, 0.25) is 0 Å². The first-order valence-corrected chi connectivity index (χ1v) is 10.2. The quantitative estimate of drug-likeness (QED) is 0.287. The molecular weight excluding hydrogens is 312 g/mol. The number of rotatable bonds is 11. The monoisotopic (exact) mass is 346 g/mol. The maximum absolute atomic E-state index is 4.29. The Kier molecular flexibility index (Phi) is 8.41. The van der Waals surface area contributed by atoms with E-state index in [2.05, 4.69) is 75.5 Å². The predicted octanol–water partition coefficient (Wildman–Crippen LogP) is 7.88. The molecule has 2 aromatic carbocycles. The van der Waals surface area contributed by atoms with Crippen molar-refractivity contribution in [3.63, 3.8) is 0 Å². The molecule has 2 rings (SSSR count). The van der Waals surface area contributed by atoms with Crippen molar-refractivity contribution in [2.24, 2.45) is 0 Å². The van der Waals surface area contributed by atoms with Gasteiger partial charge >= 0.3 is 0 Å². The Morgan fingerprint density at radius 1 is 0.577 bits per heavy atom. The average molecular weight is 347 g/mol. The van der Waals surface area contributed by atoms with Gasteiger partial charge in [0.25, 0.3) is 0 Å². The van der Waals surface area contributed by atoms with Crippen LogP contribution >= 0.6 is 0 Å². The van der Waals surface area contributed by atoms with Gasteiger partial charge in [0, 0.05) is 0 Å². The summed E-state index contributed by atoms with van der Waals surface area (Å²) >= 11 is 0. The molecule has 0 saturated heterocycles. The van der Waals surface area contributed by atoms with Gasteiger partial charge in [-0.25, -0.2) is 0 Å². The zero-order valence-electron chi connectivity index (χ0n) is 16.7. The van der Waals surface area contributed by atoms with Crippen LogP contribution in [0, 0.1) is 0 Å². The summed E-state index contributed by atoms with van der Waals surface area (Å²) in [4.78, 5) is 0. The lowest BCUT2D eigenvalue weighted by molar-refractivity contribution is 0.717. The first-order valence-electron chi connectivity index (χ1n) is 10.2. The van der Waals surface area contributed by atoms with Crippen LogP contribution in [0.3, 0.4) is 0 Å². The van der Waals surface area contributed by atoms with E-state index in [0.29, 0.717) is 0 Å². The topological polar surface area (TPSA) is 0 Å². The molecule has 0 radical (unpaired) electrons. The van der Waals surface area contributed by atoms with Crippen molar-refractivity contribution in [2.45, 2.75) is 65.2 Å². The number of aryl methyl sites for hydroxylation is 2. The number of allylic oxidation sites excluding steroid dienone is 2. The molecule has 2 aromatic rings. The van der Waals surface area contributed by atoms with Crippen LogP contribution in [0.5, 0.6) is 0 Å². The molecular formula is C26H34. The van der Waals surface area contributed by atoms with E-state index in [0.717, 1.165) is 11.1 Å². The van der Waals surface area contributed by atoms with E-state index in [1.807, 2.05) is 0 Å². The minimum Gasteiger partial charge on any atom is -0.0906 e. The van der Waals surface area contributed by atoms with Crippen molar-refractivity contribution in [1.82, 2.24) is 0 Å². The molecule has 0 N–H and O–H groups in total. The first kappa shape index (κ1) is 20.2. The van der Waals surface area contributed by atoms with Crippen molar-refractivity contribution >= 4 is 11.1 Å². The summed E-state index contributed by atoms with van der Waals surface area (Å²) in [6, 6.07) is 17.7. The Hall–Kier alpha value is -2.08. The predicted molar refractivity (Wildman–Crippen MR) is 117 cm³/mol. The van der Waals surface area contributed by atoms with Crippen LogP contribution in [0.1, 0.15) is 74.6 Å². The van der Waals surface area contributed by atoms with E-state index in [9.17, 15) is 0 Å². The Morgan fingerprint density at radius 2 is 0.923 bits per heavy atom. The molecule has 0 fully saturated rings. The minimum absolute atomic E-state index is 1.02. The third kappa shape index (κ3) is 6.02. The fourth-order valence-corrected chi connectivity index (χ4v) is 3.25. The summed E-state index contributed by atoms with van der Waals surface area (Å²) in [6.07, 6.45) is 10.0. The zero-order valence-corrected chi connectivity index (χ0v) is 16.7. The molecule has 0 aliphatic heterocycles. The van der Waals surface area contributed by atoms with E-state index in [1.165, 1.54) is 73.6 Å². The van der Waals surface area contributed by atoms with Crippen LogP contribution < -0.4 is 0 Å². The van der Waals surface area contributed by atoms with Gasteiger partial charge in [-0.1, -0.05) is 101 Å². The summed E-state index contributed by atoms with van der Waals surface area (Å²) in [6.45, 7) is 13.1. The van der Waals surface area contributed by atoms with E-state index in [1.54, 1.807) is 0 Å². The molecule has 0 spiro atoms. The van der Waals surface area contributed by atoms with Gasteiger partial charge in [-0.2, -0.15) is 0 Å². The fraction of sp³-hybridized carbons (Fsp3) is 0.385. The lowest BCUT2D eigenvalue weighted by Crippen LogP contribution is -1.91. The van der Waals surface area contributed by atoms with Crippen LogP contribution in [-0.2, 0) is 12.8 Å². The standard InChI is InChI=1S/C26H34/c1-5-7-9-11-23-13-17-25(18-14-23)21(3)22(4)26-19-15-24(16-20-26)12-10-8-6-2/h13-20H,3-12H2,1-2H3. The van der Waals surface area contributed by atoms with E-state index in [-0.39, 0.29) is 0 Å². The average Bonchev–Trinajstić information content (AvgIpc) is 2.68. The molecule has 138 valence electrons. The smallest absolute Gasteiger partial charge is 0.0183 e. The molecule has 0 unspecified atom stereocenters. The normalized spacial score (nSPS) is 10.7. The molecule has 0 saturated carbocycles. The van der Waals surface area contributed by atoms with Crippen molar-refractivity contribution < 1.29 is 0 Å². The van der Waals surface area contributed by atoms with Gasteiger partial charge in [0.05, 0.1) is 0 Å². The highest BCUT2D eigenvalue weighted by atomic mass is 14.1. The van der Waals surface area contributed by atoms with Gasteiger partial charge in [-0.05, 0) is 59.1 Å². The van der Waals surface area contributed by atoms with E-state index < -0.39 is 0 Å². The van der Waals surface area contributed by atoms with Gasteiger partial charge in [-0.15, -0.1) is 0 Å². The Bertz CT molecular complexity index is 622. The molecule has 0 aliphatic rings. The lowest BCUT2D eigenvalue weighted by Gasteiger charge is -2.12. The SMILES string of the molecule is C=C(C(=C)c1ccc(CCCCC)cc1)c1ccc(CCCCC)cc1. The van der Waals surface area contributed by atoms with Crippen molar-refractivity contribution in [3.8, 4) is 0 Å². The van der Waals surface area contributed by atoms with Crippen LogP contribution in [0.25, 0.3) is 11.1 Å². The summed E-state index contributed by atoms with van der Waals surface area (Å²) < 4.78 is 0. The van der Waals surface area contributed by atoms with Gasteiger partial charge in [0.15, 0.2) is 0 Å². The maximum atomic E-state index is 4.29. The zero-order chi connectivity index (χ0) is 18.8. The summed E-state index contributed by atoms with van der Waals surface area (Å²) in [7, 11) is 0. The second-order valence-electron chi connectivity index (χ2n) is 7.27. The molecule has 0 heterocycles. The largest absolute Gasteiger partial charge is 0.0906 e. The summed E-state index contributed by atoms with van der Waals surface area (Å²) in [5.74, 6) is 0. The molecule has 0 aromatic heterocycles. The second-order valence-corrected chi connectivity index (χ2v) is 7.27. The van der Waals surface area contributed by atoms with Crippen LogP contribution in [-0.4, -0.2) is 0 Å².